The smallest absolute Gasteiger partial charge is 0.286 e. The Balaban J connectivity index is 0.000000205. The summed E-state index contributed by atoms with van der Waals surface area (Å²) in [6, 6.07) is 7.96. The lowest BCUT2D eigenvalue weighted by atomic mass is 9.75. The summed E-state index contributed by atoms with van der Waals surface area (Å²) in [5.74, 6) is 4.83. The van der Waals surface area contributed by atoms with Crippen molar-refractivity contribution in [3.8, 4) is 0 Å². The van der Waals surface area contributed by atoms with E-state index in [1.165, 1.54) is 103 Å². The Morgan fingerprint density at radius 1 is 0.431 bits per heavy atom. The van der Waals surface area contributed by atoms with Gasteiger partial charge in [-0.25, -0.2) is 4.79 Å². The molecule has 6 aliphatic heterocycles. The zero-order valence-electron chi connectivity index (χ0n) is 33.9. The maximum Gasteiger partial charge on any atom is 0.328 e. The third-order valence-corrected chi connectivity index (χ3v) is 16.8. The molecule has 6 heterocycles. The Kier molecular flexibility index (Phi) is 12.2. The number of carbonyl (C=O) groups is 3. The summed E-state index contributed by atoms with van der Waals surface area (Å²) in [6.45, 7) is 1.74. The Hall–Kier alpha value is -2.27. The fourth-order valence-electron chi connectivity index (χ4n) is 14.0. The second-order valence-electron chi connectivity index (χ2n) is 19.5. The van der Waals surface area contributed by atoms with Crippen LogP contribution >= 0.6 is 0 Å². The number of amides is 4. The maximum absolute atomic E-state index is 12.0. The van der Waals surface area contributed by atoms with Gasteiger partial charge in [-0.3, -0.25) is 62.8 Å². The van der Waals surface area contributed by atoms with E-state index >= 15 is 0 Å². The first-order valence-corrected chi connectivity index (χ1v) is 23.2. The SMILES string of the molecule is C1CCC2C3NC(NC4NC(NC5NC(NC6NC(N3)C3CCCCC63)C3CCCCC53)C3CCCCC43)C2C1.CCC1(c2ccccc2)C(=O)NC(=O)NC1=O.[SiH4]. The van der Waals surface area contributed by atoms with Gasteiger partial charge in [-0.05, 0) is 122 Å². The van der Waals surface area contributed by atoms with Crippen molar-refractivity contribution < 1.29 is 14.4 Å². The molecular formula is C44H72N10O3Si. The molecular weight excluding hydrogens is 745 g/mol. The summed E-state index contributed by atoms with van der Waals surface area (Å²) in [5.41, 5.74) is -0.722. The number of hydrogen-bond acceptors (Lipinski definition) is 11. The fraction of sp³-hybridized carbons (Fsp3) is 0.795. The average Bonchev–Trinajstić information content (AvgIpc) is 3.97. The van der Waals surface area contributed by atoms with Gasteiger partial charge >= 0.3 is 6.03 Å². The van der Waals surface area contributed by atoms with Crippen LogP contribution in [0.4, 0.5) is 4.79 Å². The Bertz CT molecular complexity index is 1410. The number of nitrogens with one attached hydrogen (secondary N) is 10. The van der Waals surface area contributed by atoms with Gasteiger partial charge in [-0.1, -0.05) is 88.6 Å². The number of imide groups is 2. The van der Waals surface area contributed by atoms with Crippen molar-refractivity contribution in [1.82, 2.24) is 53.2 Å². The minimum absolute atomic E-state index is 0. The van der Waals surface area contributed by atoms with Gasteiger partial charge in [0, 0.05) is 0 Å². The van der Waals surface area contributed by atoms with Gasteiger partial charge in [0.05, 0.1) is 49.3 Å². The second kappa shape index (κ2) is 17.2. The molecule has 10 N–H and O–H groups in total. The van der Waals surface area contributed by atoms with Crippen LogP contribution in [0.2, 0.25) is 0 Å². The predicted octanol–water partition coefficient (Wildman–Crippen LogP) is 1.85. The van der Waals surface area contributed by atoms with Crippen LogP contribution in [0.5, 0.6) is 0 Å². The minimum Gasteiger partial charge on any atom is -0.286 e. The monoisotopic (exact) mass is 817 g/mol. The van der Waals surface area contributed by atoms with Crippen LogP contribution in [-0.4, -0.2) is 78.1 Å². The quantitative estimate of drug-likeness (QED) is 0.156. The molecule has 4 saturated carbocycles. The molecule has 10 aliphatic rings. The Labute approximate surface area is 349 Å². The first kappa shape index (κ1) is 41.1. The highest BCUT2D eigenvalue weighted by Crippen LogP contribution is 2.45. The molecule has 0 radical (unpaired) electrons. The van der Waals surface area contributed by atoms with E-state index in [0.717, 1.165) is 47.3 Å². The van der Waals surface area contributed by atoms with Crippen molar-refractivity contribution in [2.24, 2.45) is 47.3 Å². The Morgan fingerprint density at radius 3 is 0.897 bits per heavy atom. The van der Waals surface area contributed by atoms with E-state index in [1.807, 2.05) is 0 Å². The van der Waals surface area contributed by atoms with Crippen LogP contribution < -0.4 is 53.2 Å². The molecule has 8 bridgehead atoms. The molecule has 4 aliphatic carbocycles. The maximum atomic E-state index is 12.0. The molecule has 1 aromatic carbocycles. The zero-order valence-corrected chi connectivity index (χ0v) is 33.9. The standard InChI is InChI=1S/C32H56N8.C12H12N2O3.H4Si/c1-2-10-18-17(9-1)25-33-26(18)38-28-21-13-5-6-14-22(21)30(35-28)40-32-24-16-8-7-15-23(24)31(36-32)39-29-20-12-4-3-11-19(20)27(34-29)37-25;1-2-12(8-6-4-3-5-7-8)9(15)13-11(17)14-10(12)16;/h17-40H,1-16H2;3-7H,2H2,1H3,(H2,13,14,15,16,17);1H4. The summed E-state index contributed by atoms with van der Waals surface area (Å²) < 4.78 is 0. The topological polar surface area (TPSA) is 172 Å². The van der Waals surface area contributed by atoms with Gasteiger partial charge < -0.3 is 0 Å². The van der Waals surface area contributed by atoms with E-state index in [4.69, 9.17) is 0 Å². The molecule has 10 fully saturated rings. The number of benzene rings is 1. The molecule has 58 heavy (non-hydrogen) atoms. The summed E-state index contributed by atoms with van der Waals surface area (Å²) in [6.07, 6.45) is 25.9. The van der Waals surface area contributed by atoms with Gasteiger partial charge in [0.1, 0.15) is 0 Å². The zero-order chi connectivity index (χ0) is 38.7. The van der Waals surface area contributed by atoms with Crippen LogP contribution in [0.25, 0.3) is 0 Å². The van der Waals surface area contributed by atoms with Gasteiger partial charge in [-0.15, -0.1) is 0 Å². The lowest BCUT2D eigenvalue weighted by molar-refractivity contribution is -0.138. The van der Waals surface area contributed by atoms with Crippen molar-refractivity contribution in [2.75, 3.05) is 0 Å². The molecule has 4 amide bonds. The Morgan fingerprint density at radius 2 is 0.672 bits per heavy atom. The fourth-order valence-corrected chi connectivity index (χ4v) is 14.0. The van der Waals surface area contributed by atoms with Crippen LogP contribution in [0.3, 0.4) is 0 Å². The van der Waals surface area contributed by atoms with Crippen LogP contribution in [-0.2, 0) is 15.0 Å². The number of carbonyl (C=O) groups excluding carboxylic acids is 3. The summed E-state index contributed by atoms with van der Waals surface area (Å²) in [7, 11) is 0. The molecule has 6 saturated heterocycles. The first-order chi connectivity index (χ1) is 27.9. The number of hydrogen-bond donors (Lipinski definition) is 10. The van der Waals surface area contributed by atoms with Gasteiger partial charge in [-0.2, -0.15) is 0 Å². The van der Waals surface area contributed by atoms with E-state index in [-0.39, 0.29) is 11.0 Å². The first-order valence-electron chi connectivity index (χ1n) is 23.2. The predicted molar refractivity (Wildman–Crippen MR) is 229 cm³/mol. The van der Waals surface area contributed by atoms with E-state index < -0.39 is 23.3 Å². The molecule has 0 spiro atoms. The van der Waals surface area contributed by atoms with Crippen LogP contribution in [0, 0.1) is 47.3 Å². The van der Waals surface area contributed by atoms with Crippen LogP contribution in [0.1, 0.15) is 122 Å². The lowest BCUT2D eigenvalue weighted by Crippen LogP contribution is -2.64. The van der Waals surface area contributed by atoms with E-state index in [1.54, 1.807) is 37.3 Å². The average molecular weight is 817 g/mol. The number of barbiturate groups is 1. The third-order valence-electron chi connectivity index (χ3n) is 16.8. The van der Waals surface area contributed by atoms with Crippen molar-refractivity contribution in [2.45, 2.75) is 171 Å². The normalized spacial score (nSPS) is 45.2. The van der Waals surface area contributed by atoms with E-state index in [0.29, 0.717) is 61.3 Å². The van der Waals surface area contributed by atoms with Crippen LogP contribution in [0.15, 0.2) is 30.3 Å². The molecule has 13 nitrogen and oxygen atoms in total. The highest BCUT2D eigenvalue weighted by molar-refractivity contribution is 6.22. The second-order valence-corrected chi connectivity index (χ2v) is 19.5. The molecule has 8 unspecified atom stereocenters. The molecule has 11 rings (SSSR count). The van der Waals surface area contributed by atoms with Crippen molar-refractivity contribution >= 4 is 28.8 Å². The largest absolute Gasteiger partial charge is 0.328 e. The number of fused-ring (bicyclic) bond motifs is 20. The van der Waals surface area contributed by atoms with Gasteiger partial charge in [0.25, 0.3) is 0 Å². The summed E-state index contributed by atoms with van der Waals surface area (Å²) in [4.78, 5) is 35.0. The van der Waals surface area contributed by atoms with E-state index in [9.17, 15) is 14.4 Å². The molecule has 1 aromatic rings. The van der Waals surface area contributed by atoms with E-state index in [2.05, 4.69) is 53.2 Å². The van der Waals surface area contributed by atoms with Crippen molar-refractivity contribution in [3.63, 3.8) is 0 Å². The van der Waals surface area contributed by atoms with Gasteiger partial charge in [0.2, 0.25) is 11.8 Å². The molecule has 320 valence electrons. The molecule has 14 heteroatoms. The highest BCUT2D eigenvalue weighted by atomic mass is 28.1. The minimum atomic E-state index is -1.31. The van der Waals surface area contributed by atoms with Gasteiger partial charge in [0.15, 0.2) is 5.41 Å². The third kappa shape index (κ3) is 7.33. The van der Waals surface area contributed by atoms with Crippen molar-refractivity contribution in [3.05, 3.63) is 35.9 Å². The molecule has 8 atom stereocenters. The number of rotatable bonds is 2. The van der Waals surface area contributed by atoms with Crippen molar-refractivity contribution in [1.29, 1.82) is 0 Å². The molecule has 0 aromatic heterocycles. The lowest BCUT2D eigenvalue weighted by Gasteiger charge is -2.35. The number of urea groups is 1. The summed E-state index contributed by atoms with van der Waals surface area (Å²) in [5, 5.41) is 38.1. The summed E-state index contributed by atoms with van der Waals surface area (Å²) >= 11 is 0. The highest BCUT2D eigenvalue weighted by Gasteiger charge is 2.55.